The molecule has 0 amide bonds. The van der Waals surface area contributed by atoms with Gasteiger partial charge in [0, 0.05) is 76.3 Å². The second kappa shape index (κ2) is 17.3. The molecule has 2 aromatic heterocycles. The summed E-state index contributed by atoms with van der Waals surface area (Å²) in [6.45, 7) is 13.6. The molecular formula is C40H47F3N8S2. The van der Waals surface area contributed by atoms with Gasteiger partial charge in [0.2, 0.25) is 0 Å². The van der Waals surface area contributed by atoms with E-state index < -0.39 is 11.7 Å². The van der Waals surface area contributed by atoms with Gasteiger partial charge in [0.15, 0.2) is 10.2 Å². The maximum absolute atomic E-state index is 13.0. The summed E-state index contributed by atoms with van der Waals surface area (Å²) in [7, 11) is 0. The van der Waals surface area contributed by atoms with E-state index in [9.17, 15) is 13.2 Å². The van der Waals surface area contributed by atoms with Gasteiger partial charge in [0.1, 0.15) is 11.6 Å². The number of rotatable bonds is 9. The summed E-state index contributed by atoms with van der Waals surface area (Å²) in [5, 5.41) is 8.06. The molecule has 4 aromatic rings. The molecule has 2 aliphatic heterocycles. The number of piperazine rings is 2. The Morgan fingerprint density at radius 1 is 0.698 bits per heavy atom. The van der Waals surface area contributed by atoms with Gasteiger partial charge in [0.25, 0.3) is 0 Å². The molecule has 0 spiro atoms. The minimum Gasteiger partial charge on any atom is -0.346 e. The van der Waals surface area contributed by atoms with Gasteiger partial charge >= 0.3 is 6.18 Å². The Morgan fingerprint density at radius 2 is 1.23 bits per heavy atom. The van der Waals surface area contributed by atoms with Crippen LogP contribution in [0.25, 0.3) is 0 Å². The molecule has 6 rings (SSSR count). The van der Waals surface area contributed by atoms with Crippen LogP contribution in [0.3, 0.4) is 0 Å². The number of aromatic nitrogens is 2. The number of halogens is 3. The molecule has 280 valence electrons. The molecule has 13 heteroatoms. The summed E-state index contributed by atoms with van der Waals surface area (Å²) in [6.07, 6.45) is -2.89. The van der Waals surface area contributed by atoms with Crippen LogP contribution in [0.1, 0.15) is 46.1 Å². The van der Waals surface area contributed by atoms with Crippen molar-refractivity contribution in [3.8, 4) is 0 Å². The van der Waals surface area contributed by atoms with Gasteiger partial charge in [-0.15, -0.1) is 0 Å². The van der Waals surface area contributed by atoms with Crippen LogP contribution in [0.2, 0.25) is 0 Å². The van der Waals surface area contributed by atoms with Crippen molar-refractivity contribution in [3.63, 3.8) is 0 Å². The molecule has 2 aliphatic rings. The first-order valence-electron chi connectivity index (χ1n) is 18.1. The quantitative estimate of drug-likeness (QED) is 0.170. The third-order valence-electron chi connectivity index (χ3n) is 9.78. The lowest BCUT2D eigenvalue weighted by atomic mass is 10.1. The number of hydrogen-bond acceptors (Lipinski definition) is 6. The molecule has 4 heterocycles. The second-order valence-electron chi connectivity index (χ2n) is 14.1. The number of pyridine rings is 2. The maximum Gasteiger partial charge on any atom is 0.416 e. The van der Waals surface area contributed by atoms with Gasteiger partial charge in [-0.25, -0.2) is 9.97 Å². The van der Waals surface area contributed by atoms with Crippen molar-refractivity contribution < 1.29 is 13.2 Å². The molecule has 0 aliphatic carbocycles. The SMILES string of the molecule is Cc1cc(CCc2cc(C)cc(NC(=S)N3CCN(Cc4ccc(C(F)(F)F)cc4)C(C)C3)n2)nc(NC(=S)N2CCN(Cc3ccccc3)CC2)c1. The molecule has 2 fully saturated rings. The van der Waals surface area contributed by atoms with Gasteiger partial charge in [-0.1, -0.05) is 42.5 Å². The van der Waals surface area contributed by atoms with Gasteiger partial charge < -0.3 is 20.4 Å². The van der Waals surface area contributed by atoms with Crippen molar-refractivity contribution in [1.82, 2.24) is 29.6 Å². The van der Waals surface area contributed by atoms with Crippen LogP contribution in [0.5, 0.6) is 0 Å². The molecule has 0 radical (unpaired) electrons. The third kappa shape index (κ3) is 10.9. The summed E-state index contributed by atoms with van der Waals surface area (Å²) in [5.41, 5.74) is 5.69. The predicted octanol–water partition coefficient (Wildman–Crippen LogP) is 7.32. The predicted molar refractivity (Wildman–Crippen MR) is 214 cm³/mol. The van der Waals surface area contributed by atoms with Crippen LogP contribution in [0.15, 0.2) is 78.9 Å². The molecular weight excluding hydrogens is 714 g/mol. The summed E-state index contributed by atoms with van der Waals surface area (Å²) < 4.78 is 38.9. The summed E-state index contributed by atoms with van der Waals surface area (Å²) in [6, 6.07) is 24.4. The number of anilines is 2. The highest BCUT2D eigenvalue weighted by molar-refractivity contribution is 7.80. The zero-order chi connectivity index (χ0) is 37.5. The third-order valence-corrected chi connectivity index (χ3v) is 10.5. The van der Waals surface area contributed by atoms with E-state index in [1.54, 1.807) is 12.1 Å². The number of benzene rings is 2. The normalized spacial score (nSPS) is 17.1. The number of thiocarbonyl (C=S) groups is 2. The van der Waals surface area contributed by atoms with E-state index >= 15 is 0 Å². The molecule has 1 unspecified atom stereocenters. The number of nitrogens with zero attached hydrogens (tertiary/aromatic N) is 6. The molecule has 2 N–H and O–H groups in total. The zero-order valence-corrected chi connectivity index (χ0v) is 32.1. The average Bonchev–Trinajstić information content (AvgIpc) is 3.12. The molecule has 0 bridgehead atoms. The number of alkyl halides is 3. The number of nitrogens with one attached hydrogen (secondary N) is 2. The molecule has 2 aromatic carbocycles. The minimum absolute atomic E-state index is 0.164. The fraction of sp³-hybridized carbons (Fsp3) is 0.400. The molecule has 8 nitrogen and oxygen atoms in total. The Hall–Kier alpha value is -4.17. The van der Waals surface area contributed by atoms with Gasteiger partial charge in [-0.3, -0.25) is 9.80 Å². The van der Waals surface area contributed by atoms with Crippen LogP contribution in [0, 0.1) is 13.8 Å². The highest BCUT2D eigenvalue weighted by atomic mass is 32.1. The summed E-state index contributed by atoms with van der Waals surface area (Å²) in [4.78, 5) is 18.9. The fourth-order valence-corrected chi connectivity index (χ4v) is 7.45. The van der Waals surface area contributed by atoms with Crippen LogP contribution in [0.4, 0.5) is 24.8 Å². The lowest BCUT2D eigenvalue weighted by molar-refractivity contribution is -0.137. The van der Waals surface area contributed by atoms with E-state index in [0.29, 0.717) is 42.1 Å². The maximum atomic E-state index is 13.0. The van der Waals surface area contributed by atoms with Crippen LogP contribution < -0.4 is 10.6 Å². The first kappa shape index (κ1) is 38.6. The Labute approximate surface area is 321 Å². The first-order valence-corrected chi connectivity index (χ1v) is 18.9. The Morgan fingerprint density at radius 3 is 1.77 bits per heavy atom. The van der Waals surface area contributed by atoms with E-state index in [2.05, 4.69) is 93.5 Å². The van der Waals surface area contributed by atoms with Crippen molar-refractivity contribution in [2.45, 2.75) is 58.9 Å². The van der Waals surface area contributed by atoms with Crippen LogP contribution in [-0.2, 0) is 32.1 Å². The smallest absolute Gasteiger partial charge is 0.346 e. The second-order valence-corrected chi connectivity index (χ2v) is 14.9. The molecule has 53 heavy (non-hydrogen) atoms. The van der Waals surface area contributed by atoms with Gasteiger partial charge in [0.05, 0.1) is 5.56 Å². The van der Waals surface area contributed by atoms with E-state index in [1.165, 1.54) is 5.56 Å². The van der Waals surface area contributed by atoms with Crippen molar-refractivity contribution in [2.24, 2.45) is 0 Å². The molecule has 0 saturated carbocycles. The van der Waals surface area contributed by atoms with Crippen molar-refractivity contribution >= 4 is 46.3 Å². The zero-order valence-electron chi connectivity index (χ0n) is 30.5. The van der Waals surface area contributed by atoms with E-state index in [0.717, 1.165) is 91.7 Å². The lowest BCUT2D eigenvalue weighted by Gasteiger charge is -2.41. The standard InChI is InChI=1S/C40H47F3N8S2/c1-28-21-34(44-36(23-28)46-38(52)49-17-15-48(16-18-49)26-31-7-5-4-6-8-31)13-14-35-22-29(2)24-37(45-35)47-39(53)51-20-19-50(30(3)25-51)27-32-9-11-33(12-10-32)40(41,42)43/h4-12,21-24,30H,13-20,25-27H2,1-3H3,(H,44,46,52)(H,45,47,53). The molecule has 1 atom stereocenters. The minimum atomic E-state index is -4.33. The monoisotopic (exact) mass is 760 g/mol. The van der Waals surface area contributed by atoms with Gasteiger partial charge in [-0.05, 0) is 117 Å². The summed E-state index contributed by atoms with van der Waals surface area (Å²) >= 11 is 11.6. The lowest BCUT2D eigenvalue weighted by Crippen LogP contribution is -2.54. The Kier molecular flexibility index (Phi) is 12.6. The van der Waals surface area contributed by atoms with Crippen molar-refractivity contribution in [2.75, 3.05) is 56.4 Å². The average molecular weight is 761 g/mol. The first-order chi connectivity index (χ1) is 25.4. The number of hydrogen-bond donors (Lipinski definition) is 2. The molecule has 2 saturated heterocycles. The van der Waals surface area contributed by atoms with E-state index in [1.807, 2.05) is 12.1 Å². The number of aryl methyl sites for hydroxylation is 4. The summed E-state index contributed by atoms with van der Waals surface area (Å²) in [5.74, 6) is 1.47. The van der Waals surface area contributed by atoms with E-state index in [4.69, 9.17) is 34.4 Å². The van der Waals surface area contributed by atoms with Crippen molar-refractivity contribution in [1.29, 1.82) is 0 Å². The van der Waals surface area contributed by atoms with Crippen molar-refractivity contribution in [3.05, 3.63) is 118 Å². The highest BCUT2D eigenvalue weighted by Crippen LogP contribution is 2.29. The Balaban J connectivity index is 0.980. The topological polar surface area (TPSA) is 62.8 Å². The Bertz CT molecular complexity index is 1860. The van der Waals surface area contributed by atoms with E-state index in [-0.39, 0.29) is 6.04 Å². The largest absolute Gasteiger partial charge is 0.416 e. The van der Waals surface area contributed by atoms with Crippen LogP contribution >= 0.6 is 24.4 Å². The van der Waals surface area contributed by atoms with Crippen LogP contribution in [-0.4, -0.2) is 91.6 Å². The van der Waals surface area contributed by atoms with Gasteiger partial charge in [-0.2, -0.15) is 13.2 Å². The highest BCUT2D eigenvalue weighted by Gasteiger charge is 2.30. The fourth-order valence-electron chi connectivity index (χ4n) is 6.90.